The smallest absolute Gasteiger partial charge is 0.238 e. The van der Waals surface area contributed by atoms with Crippen molar-refractivity contribution in [3.05, 3.63) is 0 Å². The molecule has 2 aliphatic rings. The van der Waals surface area contributed by atoms with Crippen LogP contribution in [0, 0.1) is 23.7 Å². The van der Waals surface area contributed by atoms with Crippen LogP contribution in [0.3, 0.4) is 0 Å². The Morgan fingerprint density at radius 2 is 1.80 bits per heavy atom. The Morgan fingerprint density at radius 3 is 2.40 bits per heavy atom. The minimum atomic E-state index is -0.348. The van der Waals surface area contributed by atoms with Gasteiger partial charge >= 0.3 is 0 Å². The molecule has 4 nitrogen and oxygen atoms in total. The number of terminal acetylenes is 1. The summed E-state index contributed by atoms with van der Waals surface area (Å²) in [6, 6.07) is 2.07. The average molecular weight is 273 g/mol. The lowest BCUT2D eigenvalue weighted by molar-refractivity contribution is -0.131. The van der Waals surface area contributed by atoms with Crippen LogP contribution in [0.15, 0.2) is 0 Å². The highest BCUT2D eigenvalue weighted by Crippen LogP contribution is 2.23. The van der Waals surface area contributed by atoms with E-state index in [-0.39, 0.29) is 18.0 Å². The molecule has 1 aliphatic carbocycles. The summed E-state index contributed by atoms with van der Waals surface area (Å²) in [5.41, 5.74) is 0. The molecule has 1 N–H and O–H groups in total. The number of carbonyl (C=O) groups is 1. The van der Waals surface area contributed by atoms with Gasteiger partial charge in [0.05, 0.1) is 18.7 Å². The second-order valence-corrected chi connectivity index (χ2v) is 5.78. The second kappa shape index (κ2) is 7.31. The number of hydrogen-bond donors (Lipinski definition) is 1. The Hall–Kier alpha value is -1.52. The SMILES string of the molecule is C#C[C@H]1CC[C@H](C#N)N1C(=O)CNC1CCCCCC1. The lowest BCUT2D eigenvalue weighted by Crippen LogP contribution is -2.46. The van der Waals surface area contributed by atoms with Gasteiger partial charge in [-0.2, -0.15) is 5.26 Å². The van der Waals surface area contributed by atoms with Crippen molar-refractivity contribution >= 4 is 5.91 Å². The van der Waals surface area contributed by atoms with Gasteiger partial charge in [-0.1, -0.05) is 31.6 Å². The molecule has 2 fully saturated rings. The van der Waals surface area contributed by atoms with Crippen LogP contribution in [0.25, 0.3) is 0 Å². The Balaban J connectivity index is 1.87. The molecule has 0 aromatic rings. The first-order chi connectivity index (χ1) is 9.76. The largest absolute Gasteiger partial charge is 0.312 e. The van der Waals surface area contributed by atoms with Gasteiger partial charge in [-0.15, -0.1) is 6.42 Å². The van der Waals surface area contributed by atoms with Gasteiger partial charge in [0, 0.05) is 6.04 Å². The molecule has 1 amide bonds. The Morgan fingerprint density at radius 1 is 1.15 bits per heavy atom. The maximum absolute atomic E-state index is 12.3. The molecule has 4 heteroatoms. The lowest BCUT2D eigenvalue weighted by atomic mass is 10.1. The van der Waals surface area contributed by atoms with Crippen molar-refractivity contribution < 1.29 is 4.79 Å². The van der Waals surface area contributed by atoms with Crippen LogP contribution >= 0.6 is 0 Å². The second-order valence-electron chi connectivity index (χ2n) is 5.78. The number of nitrogens with one attached hydrogen (secondary N) is 1. The quantitative estimate of drug-likeness (QED) is 0.630. The zero-order chi connectivity index (χ0) is 14.4. The molecule has 2 rings (SSSR count). The van der Waals surface area contributed by atoms with E-state index in [1.54, 1.807) is 4.90 Å². The third-order valence-corrected chi connectivity index (χ3v) is 4.41. The van der Waals surface area contributed by atoms with Crippen LogP contribution in [0.2, 0.25) is 0 Å². The van der Waals surface area contributed by atoms with E-state index in [9.17, 15) is 4.79 Å². The standard InChI is InChI=1S/C16H23N3O/c1-2-14-9-10-15(11-17)19(14)16(20)12-18-13-7-5-3-4-6-8-13/h1,13-15,18H,3-10,12H2/t14-,15+/m0/s1. The minimum Gasteiger partial charge on any atom is -0.312 e. The van der Waals surface area contributed by atoms with Gasteiger partial charge < -0.3 is 10.2 Å². The molecule has 0 unspecified atom stereocenters. The summed E-state index contributed by atoms with van der Waals surface area (Å²) in [5, 5.41) is 12.5. The molecule has 1 aliphatic heterocycles. The van der Waals surface area contributed by atoms with E-state index >= 15 is 0 Å². The fraction of sp³-hybridized carbons (Fsp3) is 0.750. The molecule has 1 saturated carbocycles. The topological polar surface area (TPSA) is 56.1 Å². The van der Waals surface area contributed by atoms with E-state index in [4.69, 9.17) is 11.7 Å². The van der Waals surface area contributed by atoms with Gasteiger partial charge in [-0.25, -0.2) is 0 Å². The van der Waals surface area contributed by atoms with Crippen LogP contribution in [0.1, 0.15) is 51.4 Å². The van der Waals surface area contributed by atoms with Gasteiger partial charge in [0.2, 0.25) is 5.91 Å². The third-order valence-electron chi connectivity index (χ3n) is 4.41. The lowest BCUT2D eigenvalue weighted by Gasteiger charge is -2.25. The van der Waals surface area contributed by atoms with Gasteiger partial charge in [-0.3, -0.25) is 4.79 Å². The number of carbonyl (C=O) groups excluding carboxylic acids is 1. The first kappa shape index (κ1) is 14.9. The van der Waals surface area contributed by atoms with Gasteiger partial charge in [0.15, 0.2) is 0 Å². The Kier molecular flexibility index (Phi) is 5.44. The molecule has 0 spiro atoms. The first-order valence-corrected chi connectivity index (χ1v) is 7.66. The molecule has 0 aromatic carbocycles. The van der Waals surface area contributed by atoms with E-state index in [2.05, 4.69) is 17.3 Å². The number of nitriles is 1. The fourth-order valence-corrected chi connectivity index (χ4v) is 3.26. The Labute approximate surface area is 121 Å². The average Bonchev–Trinajstić information content (AvgIpc) is 2.72. The highest BCUT2D eigenvalue weighted by Gasteiger charge is 2.35. The van der Waals surface area contributed by atoms with Crippen molar-refractivity contribution in [2.24, 2.45) is 0 Å². The number of nitrogens with zero attached hydrogens (tertiary/aromatic N) is 2. The molecule has 1 heterocycles. The maximum atomic E-state index is 12.3. The molecule has 1 saturated heterocycles. The summed E-state index contributed by atoms with van der Waals surface area (Å²) in [7, 11) is 0. The van der Waals surface area contributed by atoms with E-state index in [1.165, 1.54) is 25.7 Å². The minimum absolute atomic E-state index is 0.0266. The maximum Gasteiger partial charge on any atom is 0.238 e. The summed E-state index contributed by atoms with van der Waals surface area (Å²) in [5.74, 6) is 2.61. The molecular formula is C16H23N3O. The molecular weight excluding hydrogens is 250 g/mol. The van der Waals surface area contributed by atoms with Crippen LogP contribution in [0.5, 0.6) is 0 Å². The molecule has 20 heavy (non-hydrogen) atoms. The van der Waals surface area contributed by atoms with Crippen LogP contribution < -0.4 is 5.32 Å². The van der Waals surface area contributed by atoms with E-state index in [0.717, 1.165) is 19.3 Å². The summed E-state index contributed by atoms with van der Waals surface area (Å²) in [6.07, 6.45) is 14.3. The predicted octanol–water partition coefficient (Wildman–Crippen LogP) is 1.82. The van der Waals surface area contributed by atoms with Gasteiger partial charge in [0.25, 0.3) is 0 Å². The van der Waals surface area contributed by atoms with E-state index in [0.29, 0.717) is 19.0 Å². The van der Waals surface area contributed by atoms with Crippen molar-refractivity contribution in [3.63, 3.8) is 0 Å². The molecule has 108 valence electrons. The summed E-state index contributed by atoms with van der Waals surface area (Å²) >= 11 is 0. The first-order valence-electron chi connectivity index (χ1n) is 7.66. The molecule has 0 radical (unpaired) electrons. The summed E-state index contributed by atoms with van der Waals surface area (Å²) < 4.78 is 0. The zero-order valence-corrected chi connectivity index (χ0v) is 12.0. The summed E-state index contributed by atoms with van der Waals surface area (Å²) in [4.78, 5) is 13.9. The van der Waals surface area contributed by atoms with Gasteiger partial charge in [-0.05, 0) is 25.7 Å². The van der Waals surface area contributed by atoms with Crippen molar-refractivity contribution in [1.29, 1.82) is 5.26 Å². The number of rotatable bonds is 3. The van der Waals surface area contributed by atoms with Crippen molar-refractivity contribution in [3.8, 4) is 18.4 Å². The van der Waals surface area contributed by atoms with Crippen molar-refractivity contribution in [2.75, 3.05) is 6.54 Å². The molecule has 0 bridgehead atoms. The fourth-order valence-electron chi connectivity index (χ4n) is 3.26. The van der Waals surface area contributed by atoms with Gasteiger partial charge in [0.1, 0.15) is 6.04 Å². The van der Waals surface area contributed by atoms with Crippen molar-refractivity contribution in [1.82, 2.24) is 10.2 Å². The third kappa shape index (κ3) is 3.52. The molecule has 2 atom stereocenters. The molecule has 0 aromatic heterocycles. The van der Waals surface area contributed by atoms with E-state index in [1.807, 2.05) is 0 Å². The Bertz CT molecular complexity index is 390. The van der Waals surface area contributed by atoms with Crippen molar-refractivity contribution in [2.45, 2.75) is 69.5 Å². The predicted molar refractivity (Wildman–Crippen MR) is 77.6 cm³/mol. The number of hydrogen-bond acceptors (Lipinski definition) is 3. The number of likely N-dealkylation sites (tertiary alicyclic amines) is 1. The highest BCUT2D eigenvalue weighted by molar-refractivity contribution is 5.80. The van der Waals surface area contributed by atoms with Crippen LogP contribution in [-0.2, 0) is 4.79 Å². The normalized spacial score (nSPS) is 27.6. The number of amides is 1. The van der Waals surface area contributed by atoms with Crippen LogP contribution in [-0.4, -0.2) is 35.5 Å². The summed E-state index contributed by atoms with van der Waals surface area (Å²) in [6.45, 7) is 0.307. The monoisotopic (exact) mass is 273 g/mol. The van der Waals surface area contributed by atoms with E-state index < -0.39 is 0 Å². The van der Waals surface area contributed by atoms with Crippen LogP contribution in [0.4, 0.5) is 0 Å². The zero-order valence-electron chi connectivity index (χ0n) is 12.0. The highest BCUT2D eigenvalue weighted by atomic mass is 16.2.